The van der Waals surface area contributed by atoms with Gasteiger partial charge in [-0.3, -0.25) is 0 Å². The van der Waals surface area contributed by atoms with Crippen LogP contribution in [-0.2, 0) is 18.3 Å². The van der Waals surface area contributed by atoms with Crippen LogP contribution < -0.4 is 0 Å². The van der Waals surface area contributed by atoms with Crippen molar-refractivity contribution in [3.8, 4) is 0 Å². The van der Waals surface area contributed by atoms with Gasteiger partial charge in [-0.05, 0) is 36.3 Å². The molecule has 3 nitrogen and oxygen atoms in total. The van der Waals surface area contributed by atoms with Gasteiger partial charge < -0.3 is 4.52 Å². The van der Waals surface area contributed by atoms with E-state index in [1.807, 2.05) is 0 Å². The van der Waals surface area contributed by atoms with E-state index in [0.29, 0.717) is 5.41 Å². The molecule has 1 saturated heterocycles. The topological polar surface area (TPSA) is 29.3 Å². The Hall–Kier alpha value is -0.620. The quantitative estimate of drug-likeness (QED) is 0.492. The average molecular weight is 396 g/mol. The molecule has 0 N–H and O–H groups in total. The largest absolute Gasteiger partial charge is 0.356 e. The van der Waals surface area contributed by atoms with Crippen molar-refractivity contribution in [2.45, 2.75) is 45.4 Å². The van der Waals surface area contributed by atoms with Crippen molar-refractivity contribution in [1.82, 2.24) is 8.27 Å². The second-order valence-corrected chi connectivity index (χ2v) is 9.17. The molecule has 1 spiro atoms. The molecule has 112 valence electrons. The summed E-state index contributed by atoms with van der Waals surface area (Å²) in [7, 11) is 0. The van der Waals surface area contributed by atoms with Gasteiger partial charge in [-0.15, -0.1) is 0 Å². The number of benzene rings is 1. The number of fused-ring (bicyclic) bond motifs is 3. The molecule has 1 atom stereocenters. The van der Waals surface area contributed by atoms with E-state index in [1.54, 1.807) is 0 Å². The highest BCUT2D eigenvalue weighted by molar-refractivity contribution is 14.1. The smallest absolute Gasteiger partial charge is 0.170 e. The van der Waals surface area contributed by atoms with E-state index in [4.69, 9.17) is 4.52 Å². The zero-order valence-electron chi connectivity index (χ0n) is 12.9. The molecule has 1 unspecified atom stereocenters. The average Bonchev–Trinajstić information content (AvgIpc) is 3.04. The molecule has 1 aromatic heterocycles. The van der Waals surface area contributed by atoms with Crippen LogP contribution in [-0.4, -0.2) is 21.4 Å². The zero-order valence-corrected chi connectivity index (χ0v) is 15.0. The summed E-state index contributed by atoms with van der Waals surface area (Å²) < 4.78 is 8.21. The van der Waals surface area contributed by atoms with Crippen molar-refractivity contribution in [1.29, 1.82) is 0 Å². The standard InChI is InChI=1S/C17H21IN2O/c1-16(2,3)15-12-5-4-11-8-17(6-7-20(18)10-17)9-13(11)14(12)21-19-15/h4-5H,6-10H2,1-3H3. The SMILES string of the molecule is CC(C)(C)c1noc2c3c(ccc12)CC1(CCN(I)C1)C3. The highest BCUT2D eigenvalue weighted by atomic mass is 127. The fourth-order valence-electron chi connectivity index (χ4n) is 4.01. The maximum Gasteiger partial charge on any atom is 0.170 e. The predicted octanol–water partition coefficient (Wildman–Crippen LogP) is 4.27. The molecule has 21 heavy (non-hydrogen) atoms. The van der Waals surface area contributed by atoms with Crippen LogP contribution in [0.5, 0.6) is 0 Å². The molecule has 1 fully saturated rings. The van der Waals surface area contributed by atoms with Gasteiger partial charge in [-0.1, -0.05) is 32.0 Å². The Balaban J connectivity index is 1.81. The molecule has 1 aliphatic carbocycles. The zero-order chi connectivity index (χ0) is 14.8. The Labute approximate surface area is 139 Å². The van der Waals surface area contributed by atoms with E-state index in [0.717, 1.165) is 17.7 Å². The lowest BCUT2D eigenvalue weighted by molar-refractivity contribution is 0.332. The Kier molecular flexibility index (Phi) is 2.96. The molecule has 4 rings (SSSR count). The summed E-state index contributed by atoms with van der Waals surface area (Å²) in [5.41, 5.74) is 5.49. The van der Waals surface area contributed by atoms with Crippen molar-refractivity contribution in [2.24, 2.45) is 5.41 Å². The number of hydrogen-bond donors (Lipinski definition) is 0. The van der Waals surface area contributed by atoms with E-state index in [9.17, 15) is 0 Å². The number of halogens is 1. The summed E-state index contributed by atoms with van der Waals surface area (Å²) in [6.07, 6.45) is 3.65. The number of hydrogen-bond acceptors (Lipinski definition) is 3. The lowest BCUT2D eigenvalue weighted by atomic mass is 9.84. The van der Waals surface area contributed by atoms with E-state index in [2.05, 4.69) is 64.0 Å². The highest BCUT2D eigenvalue weighted by Crippen LogP contribution is 2.47. The minimum Gasteiger partial charge on any atom is -0.356 e. The van der Waals surface area contributed by atoms with E-state index in [-0.39, 0.29) is 5.41 Å². The summed E-state index contributed by atoms with van der Waals surface area (Å²) >= 11 is 2.46. The van der Waals surface area contributed by atoms with Gasteiger partial charge >= 0.3 is 0 Å². The van der Waals surface area contributed by atoms with Crippen LogP contribution >= 0.6 is 22.9 Å². The van der Waals surface area contributed by atoms with E-state index in [1.165, 1.54) is 42.4 Å². The monoisotopic (exact) mass is 396 g/mol. The lowest BCUT2D eigenvalue weighted by Gasteiger charge is -2.21. The Morgan fingerprint density at radius 2 is 2.10 bits per heavy atom. The van der Waals surface area contributed by atoms with Crippen LogP contribution in [0.25, 0.3) is 11.0 Å². The van der Waals surface area contributed by atoms with E-state index < -0.39 is 0 Å². The maximum atomic E-state index is 5.78. The van der Waals surface area contributed by atoms with Crippen molar-refractivity contribution in [2.75, 3.05) is 13.1 Å². The maximum absolute atomic E-state index is 5.78. The fraction of sp³-hybridized carbons (Fsp3) is 0.588. The first kappa shape index (κ1) is 14.0. The minimum atomic E-state index is 0.0299. The normalized spacial score (nSPS) is 26.1. The summed E-state index contributed by atoms with van der Waals surface area (Å²) in [5, 5.41) is 5.60. The van der Waals surface area contributed by atoms with Crippen LogP contribution in [0.3, 0.4) is 0 Å². The van der Waals surface area contributed by atoms with E-state index >= 15 is 0 Å². The molecule has 2 heterocycles. The lowest BCUT2D eigenvalue weighted by Crippen LogP contribution is -2.23. The van der Waals surface area contributed by atoms with Gasteiger partial charge in [0.1, 0.15) is 0 Å². The number of aromatic nitrogens is 1. The van der Waals surface area contributed by atoms with Crippen molar-refractivity contribution in [3.63, 3.8) is 0 Å². The van der Waals surface area contributed by atoms with Gasteiger partial charge in [0.05, 0.1) is 5.69 Å². The molecule has 0 amide bonds. The van der Waals surface area contributed by atoms with Crippen molar-refractivity contribution < 1.29 is 4.52 Å². The first-order valence-electron chi connectivity index (χ1n) is 7.69. The molecule has 1 aromatic carbocycles. The molecule has 2 aliphatic rings. The van der Waals surface area contributed by atoms with Crippen LogP contribution in [0.1, 0.15) is 44.0 Å². The Morgan fingerprint density at radius 1 is 1.29 bits per heavy atom. The van der Waals surface area contributed by atoms with Crippen molar-refractivity contribution >= 4 is 33.8 Å². The molecule has 2 aromatic rings. The summed E-state index contributed by atoms with van der Waals surface area (Å²) in [6.45, 7) is 9.00. The summed E-state index contributed by atoms with van der Waals surface area (Å²) in [4.78, 5) is 0. The van der Waals surface area contributed by atoms with Gasteiger partial charge in [-0.25, -0.2) is 3.11 Å². The number of rotatable bonds is 0. The van der Waals surface area contributed by atoms with Crippen LogP contribution in [0.4, 0.5) is 0 Å². The van der Waals surface area contributed by atoms with Gasteiger partial charge in [0.15, 0.2) is 5.58 Å². The third-order valence-electron chi connectivity index (χ3n) is 5.06. The summed E-state index contributed by atoms with van der Waals surface area (Å²) in [6, 6.07) is 4.54. The van der Waals surface area contributed by atoms with Gasteiger partial charge in [-0.2, -0.15) is 0 Å². The highest BCUT2D eigenvalue weighted by Gasteiger charge is 2.43. The summed E-state index contributed by atoms with van der Waals surface area (Å²) in [5.74, 6) is 0. The molecule has 4 heteroatoms. The number of nitrogens with zero attached hydrogens (tertiary/aromatic N) is 2. The van der Waals surface area contributed by atoms with Crippen LogP contribution in [0, 0.1) is 5.41 Å². The Bertz CT molecular complexity index is 715. The Morgan fingerprint density at radius 3 is 2.76 bits per heavy atom. The third-order valence-corrected chi connectivity index (χ3v) is 5.88. The minimum absolute atomic E-state index is 0.0299. The fourth-order valence-corrected chi connectivity index (χ4v) is 4.98. The molecule has 0 bridgehead atoms. The second-order valence-electron chi connectivity index (χ2n) is 7.81. The van der Waals surface area contributed by atoms with Gasteiger partial charge in [0.2, 0.25) is 0 Å². The van der Waals surface area contributed by atoms with Gasteiger partial charge in [0, 0.05) is 52.3 Å². The van der Waals surface area contributed by atoms with Crippen molar-refractivity contribution in [3.05, 3.63) is 29.0 Å². The molecule has 1 aliphatic heterocycles. The third kappa shape index (κ3) is 2.13. The van der Waals surface area contributed by atoms with Crippen LogP contribution in [0.2, 0.25) is 0 Å². The second kappa shape index (κ2) is 4.44. The molecular formula is C17H21IN2O. The molecule has 0 radical (unpaired) electrons. The molecule has 0 saturated carbocycles. The first-order chi connectivity index (χ1) is 9.88. The van der Waals surface area contributed by atoms with Gasteiger partial charge in [0.25, 0.3) is 0 Å². The molecular weight excluding hydrogens is 375 g/mol. The predicted molar refractivity (Wildman–Crippen MR) is 92.8 cm³/mol. The first-order valence-corrected chi connectivity index (χ1v) is 8.66. The van der Waals surface area contributed by atoms with Crippen LogP contribution in [0.15, 0.2) is 16.7 Å².